The fourth-order valence-corrected chi connectivity index (χ4v) is 3.95. The summed E-state index contributed by atoms with van der Waals surface area (Å²) in [7, 11) is 0. The number of hydrogen-bond donors (Lipinski definition) is 1. The molecule has 4 rings (SSSR count). The molecule has 1 amide bonds. The Labute approximate surface area is 181 Å². The predicted octanol–water partition coefficient (Wildman–Crippen LogP) is 4.58. The van der Waals surface area contributed by atoms with Crippen molar-refractivity contribution in [2.24, 2.45) is 0 Å². The highest BCUT2D eigenvalue weighted by Crippen LogP contribution is 2.34. The van der Waals surface area contributed by atoms with Crippen molar-refractivity contribution in [3.63, 3.8) is 0 Å². The molecule has 7 nitrogen and oxygen atoms in total. The summed E-state index contributed by atoms with van der Waals surface area (Å²) in [5, 5.41) is 10.9. The number of aromatic nitrogens is 3. The highest BCUT2D eigenvalue weighted by atomic mass is 32.1. The summed E-state index contributed by atoms with van der Waals surface area (Å²) in [5.41, 5.74) is 1.21. The van der Waals surface area contributed by atoms with Gasteiger partial charge in [0.05, 0.1) is 21.8 Å². The Morgan fingerprint density at radius 1 is 1.19 bits per heavy atom. The first kappa shape index (κ1) is 20.7. The number of carbonyl (C=O) groups is 1. The van der Waals surface area contributed by atoms with E-state index in [1.54, 1.807) is 19.1 Å². The number of para-hydroxylation sites is 1. The lowest BCUT2D eigenvalue weighted by Gasteiger charge is -2.16. The molecule has 0 radical (unpaired) electrons. The van der Waals surface area contributed by atoms with E-state index < -0.39 is 23.3 Å². The van der Waals surface area contributed by atoms with Crippen LogP contribution in [0, 0.1) is 19.7 Å². The quantitative estimate of drug-likeness (QED) is 0.493. The Kier molecular flexibility index (Phi) is 5.51. The Balaban J connectivity index is 1.77. The van der Waals surface area contributed by atoms with Gasteiger partial charge in [0, 0.05) is 17.0 Å². The molecule has 31 heavy (non-hydrogen) atoms. The summed E-state index contributed by atoms with van der Waals surface area (Å²) in [5.74, 6) is -0.704. The maximum Gasteiger partial charge on any atom is 0.268 e. The summed E-state index contributed by atoms with van der Waals surface area (Å²) in [6, 6.07) is 11.8. The molecule has 0 fully saturated rings. The number of amides is 1. The van der Waals surface area contributed by atoms with Gasteiger partial charge in [0.15, 0.2) is 5.76 Å². The lowest BCUT2D eigenvalue weighted by molar-refractivity contribution is -0.119. The van der Waals surface area contributed by atoms with E-state index >= 15 is 0 Å². The van der Waals surface area contributed by atoms with Gasteiger partial charge >= 0.3 is 0 Å². The molecule has 3 aromatic heterocycles. The molecule has 0 aliphatic heterocycles. The number of aryl methyl sites for hydroxylation is 2. The zero-order valence-corrected chi connectivity index (χ0v) is 17.9. The number of halogens is 1. The van der Waals surface area contributed by atoms with Crippen molar-refractivity contribution in [2.45, 2.75) is 26.8 Å². The Hall–Kier alpha value is -3.59. The number of carbonyl (C=O) groups excluding carboxylic acids is 1. The van der Waals surface area contributed by atoms with E-state index in [2.05, 4.69) is 15.6 Å². The molecule has 0 aliphatic carbocycles. The third kappa shape index (κ3) is 4.17. The first-order chi connectivity index (χ1) is 14.8. The van der Waals surface area contributed by atoms with Crippen molar-refractivity contribution < 1.29 is 13.7 Å². The molecule has 158 valence electrons. The molecule has 1 atom stereocenters. The monoisotopic (exact) mass is 438 g/mol. The Morgan fingerprint density at radius 3 is 2.61 bits per heavy atom. The molecule has 0 spiro atoms. The van der Waals surface area contributed by atoms with Gasteiger partial charge in [0.2, 0.25) is 5.91 Å². The molecule has 0 aliphatic rings. The minimum absolute atomic E-state index is 0.0373. The van der Waals surface area contributed by atoms with Crippen LogP contribution in [0.2, 0.25) is 0 Å². The summed E-state index contributed by atoms with van der Waals surface area (Å²) in [6.45, 7) is 5.28. The fourth-order valence-electron chi connectivity index (χ4n) is 3.08. The average molecular weight is 438 g/mol. The number of hydrogen-bond acceptors (Lipinski definition) is 6. The molecule has 0 saturated heterocycles. The number of rotatable bonds is 5. The smallest absolute Gasteiger partial charge is 0.268 e. The molecule has 3 heterocycles. The number of benzene rings is 1. The maximum atomic E-state index is 13.9. The third-order valence-electron chi connectivity index (χ3n) is 4.70. The van der Waals surface area contributed by atoms with Crippen LogP contribution in [0.3, 0.4) is 0 Å². The van der Waals surface area contributed by atoms with E-state index in [1.165, 1.54) is 42.5 Å². The number of anilines is 1. The first-order valence-electron chi connectivity index (χ1n) is 9.53. The molecule has 1 aromatic carbocycles. The molecule has 0 saturated carbocycles. The molecular formula is C22H19FN4O3S. The van der Waals surface area contributed by atoms with Crippen LogP contribution in [-0.4, -0.2) is 20.8 Å². The maximum absolute atomic E-state index is 13.9. The van der Waals surface area contributed by atoms with E-state index in [0.717, 1.165) is 14.4 Å². The summed E-state index contributed by atoms with van der Waals surface area (Å²) in [6.07, 6.45) is 0. The van der Waals surface area contributed by atoms with Crippen molar-refractivity contribution in [3.05, 3.63) is 75.3 Å². The highest BCUT2D eigenvalue weighted by Gasteiger charge is 2.23. The van der Waals surface area contributed by atoms with E-state index in [1.807, 2.05) is 19.1 Å². The van der Waals surface area contributed by atoms with Gasteiger partial charge in [-0.2, -0.15) is 5.10 Å². The number of nitrogens with one attached hydrogen (secondary N) is 1. The second kappa shape index (κ2) is 8.27. The molecule has 9 heteroatoms. The van der Waals surface area contributed by atoms with Crippen molar-refractivity contribution in [2.75, 3.05) is 5.32 Å². The average Bonchev–Trinajstić information content (AvgIpc) is 3.37. The van der Waals surface area contributed by atoms with Gasteiger partial charge in [-0.25, -0.2) is 9.07 Å². The van der Waals surface area contributed by atoms with Gasteiger partial charge in [-0.3, -0.25) is 9.59 Å². The topological polar surface area (TPSA) is 90.0 Å². The van der Waals surface area contributed by atoms with Crippen LogP contribution in [0.5, 0.6) is 0 Å². The van der Waals surface area contributed by atoms with E-state index in [9.17, 15) is 14.0 Å². The van der Waals surface area contributed by atoms with Crippen LogP contribution < -0.4 is 10.9 Å². The van der Waals surface area contributed by atoms with Crippen molar-refractivity contribution in [1.29, 1.82) is 0 Å². The van der Waals surface area contributed by atoms with Gasteiger partial charge in [-0.1, -0.05) is 17.3 Å². The van der Waals surface area contributed by atoms with Crippen molar-refractivity contribution in [1.82, 2.24) is 14.9 Å². The van der Waals surface area contributed by atoms with Crippen LogP contribution in [-0.2, 0) is 4.79 Å². The van der Waals surface area contributed by atoms with E-state index in [0.29, 0.717) is 22.7 Å². The van der Waals surface area contributed by atoms with Gasteiger partial charge in [0.1, 0.15) is 17.6 Å². The lowest BCUT2D eigenvalue weighted by atomic mass is 10.1. The fraction of sp³-hybridized carbons (Fsp3) is 0.182. The second-order valence-electron chi connectivity index (χ2n) is 7.08. The van der Waals surface area contributed by atoms with Gasteiger partial charge in [-0.15, -0.1) is 11.3 Å². The molecule has 0 unspecified atom stereocenters. The van der Waals surface area contributed by atoms with E-state index in [4.69, 9.17) is 4.52 Å². The zero-order valence-electron chi connectivity index (χ0n) is 17.0. The summed E-state index contributed by atoms with van der Waals surface area (Å²) in [4.78, 5) is 27.5. The normalized spacial score (nSPS) is 12.0. The van der Waals surface area contributed by atoms with Crippen molar-refractivity contribution >= 4 is 22.9 Å². The first-order valence-corrected chi connectivity index (χ1v) is 10.3. The molecule has 4 aromatic rings. The van der Waals surface area contributed by atoms with Gasteiger partial charge in [0.25, 0.3) is 5.56 Å². The standard InChI is InChI=1S/C22H19FN4O3S/c1-12-10-18(30-26-12)15-11-20(28)27(25-21(15)19-9-8-13(2)31-19)14(3)22(29)24-17-7-5-4-6-16(17)23/h4-11,14H,1-3H3,(H,24,29)/t14-/m1/s1. The molecule has 0 bridgehead atoms. The van der Waals surface area contributed by atoms with Crippen molar-refractivity contribution in [3.8, 4) is 21.9 Å². The highest BCUT2D eigenvalue weighted by molar-refractivity contribution is 7.15. The van der Waals surface area contributed by atoms with Crippen LogP contribution in [0.25, 0.3) is 21.9 Å². The zero-order chi connectivity index (χ0) is 22.1. The largest absolute Gasteiger partial charge is 0.356 e. The summed E-state index contributed by atoms with van der Waals surface area (Å²) >= 11 is 1.51. The van der Waals surface area contributed by atoms with Crippen LogP contribution in [0.4, 0.5) is 10.1 Å². The second-order valence-corrected chi connectivity index (χ2v) is 8.37. The van der Waals surface area contributed by atoms with Crippen LogP contribution in [0.1, 0.15) is 23.5 Å². The number of nitrogens with zero attached hydrogens (tertiary/aromatic N) is 3. The minimum atomic E-state index is -0.975. The third-order valence-corrected chi connectivity index (χ3v) is 5.71. The SMILES string of the molecule is Cc1cc(-c2cc(=O)n([C@H](C)C(=O)Nc3ccccc3F)nc2-c2ccc(C)s2)on1. The van der Waals surface area contributed by atoms with Gasteiger partial charge in [-0.05, 0) is 45.0 Å². The van der Waals surface area contributed by atoms with Gasteiger partial charge < -0.3 is 9.84 Å². The molecule has 1 N–H and O–H groups in total. The predicted molar refractivity (Wildman–Crippen MR) is 117 cm³/mol. The van der Waals surface area contributed by atoms with E-state index in [-0.39, 0.29) is 5.69 Å². The lowest BCUT2D eigenvalue weighted by Crippen LogP contribution is -2.33. The van der Waals surface area contributed by atoms with Crippen LogP contribution >= 0.6 is 11.3 Å². The Morgan fingerprint density at radius 2 is 1.97 bits per heavy atom. The molecular weight excluding hydrogens is 419 g/mol. The minimum Gasteiger partial charge on any atom is -0.356 e. The van der Waals surface area contributed by atoms with Crippen LogP contribution in [0.15, 0.2) is 57.8 Å². The Bertz CT molecular complexity index is 1320. The number of thiophene rings is 1. The summed E-state index contributed by atoms with van der Waals surface area (Å²) < 4.78 is 20.4.